The Morgan fingerprint density at radius 1 is 1.26 bits per heavy atom. The minimum Gasteiger partial charge on any atom is -0.467 e. The highest BCUT2D eigenvalue weighted by molar-refractivity contribution is 5.93. The summed E-state index contributed by atoms with van der Waals surface area (Å²) in [5.41, 5.74) is 15.8. The number of nitrogens with one attached hydrogen (secondary N) is 1. The van der Waals surface area contributed by atoms with Crippen molar-refractivity contribution in [2.24, 2.45) is 10.8 Å². The van der Waals surface area contributed by atoms with Crippen molar-refractivity contribution in [3.05, 3.63) is 58.5 Å². The van der Waals surface area contributed by atoms with E-state index in [9.17, 15) is 14.4 Å². The Morgan fingerprint density at radius 3 is 2.69 bits per heavy atom. The molecule has 0 aromatic heterocycles. The van der Waals surface area contributed by atoms with Crippen LogP contribution in [0.25, 0.3) is 21.2 Å². The van der Waals surface area contributed by atoms with E-state index in [0.717, 1.165) is 29.2 Å². The molecule has 1 fully saturated rings. The smallest absolute Gasteiger partial charge is 0.328 e. The van der Waals surface area contributed by atoms with Gasteiger partial charge in [0.15, 0.2) is 0 Å². The molecule has 0 bridgehead atoms. The summed E-state index contributed by atoms with van der Waals surface area (Å²) in [6, 6.07) is 10.6. The first-order chi connectivity index (χ1) is 16.9. The minimum absolute atomic E-state index is 0.106. The second-order valence-corrected chi connectivity index (χ2v) is 8.82. The predicted octanol–water partition coefficient (Wildman–Crippen LogP) is 2.84. The lowest BCUT2D eigenvalue weighted by Gasteiger charge is -2.28. The molecule has 1 saturated heterocycles. The molecule has 4 atom stereocenters. The van der Waals surface area contributed by atoms with Gasteiger partial charge in [-0.2, -0.15) is 0 Å². The van der Waals surface area contributed by atoms with Crippen molar-refractivity contribution in [1.82, 2.24) is 10.2 Å². The number of nitrogens with two attached hydrogens (primary N) is 1. The lowest BCUT2D eigenvalue weighted by Crippen LogP contribution is -2.54. The molecule has 0 radical (unpaired) electrons. The number of ether oxygens (including phenoxy) is 1. The molecule has 1 heterocycles. The molecular weight excluding hydrogens is 448 g/mol. The van der Waals surface area contributed by atoms with Crippen molar-refractivity contribution in [2.75, 3.05) is 13.7 Å². The number of rotatable bonds is 10. The summed E-state index contributed by atoms with van der Waals surface area (Å²) in [6.45, 7) is 2.11. The molecule has 1 aliphatic heterocycles. The minimum atomic E-state index is -0.946. The fourth-order valence-corrected chi connectivity index (χ4v) is 4.43. The third-order valence-corrected chi connectivity index (χ3v) is 6.32. The number of fused-ring (bicyclic) bond motifs is 1. The molecule has 10 heteroatoms. The van der Waals surface area contributed by atoms with Crippen LogP contribution in [0.4, 0.5) is 0 Å². The molecule has 2 amide bonds. The van der Waals surface area contributed by atoms with Crippen LogP contribution in [0, 0.1) is 0 Å². The summed E-state index contributed by atoms with van der Waals surface area (Å²) in [6.07, 6.45) is 2.56. The Hall–Kier alpha value is -3.62. The van der Waals surface area contributed by atoms with Gasteiger partial charge in [-0.3, -0.25) is 9.59 Å². The normalized spacial score (nSPS) is 19.0. The standard InChI is InChI=1S/C25H32N6O4/c1-3-4-9-20(26)24(33)31-15-19(29-30-27)14-22(31)23(32)28-21(25(34)35-2)13-16-10-11-17-7-5-6-8-18(17)12-16/h5-8,10-12,19-22H,3-4,9,13-15,26H2,1-2H3,(H,28,32)/t19-,20-,21-,22-/m0/s1. The van der Waals surface area contributed by atoms with Crippen LogP contribution in [0.1, 0.15) is 38.2 Å². The molecule has 3 rings (SSSR count). The van der Waals surface area contributed by atoms with E-state index in [0.29, 0.717) is 6.42 Å². The largest absolute Gasteiger partial charge is 0.467 e. The number of nitrogens with zero attached hydrogens (tertiary/aromatic N) is 4. The topological polar surface area (TPSA) is 150 Å². The van der Waals surface area contributed by atoms with E-state index in [1.165, 1.54) is 12.0 Å². The monoisotopic (exact) mass is 480 g/mol. The van der Waals surface area contributed by atoms with Gasteiger partial charge in [0.25, 0.3) is 0 Å². The Labute approximate surface area is 204 Å². The first-order valence-corrected chi connectivity index (χ1v) is 11.8. The van der Waals surface area contributed by atoms with Gasteiger partial charge in [0.2, 0.25) is 11.8 Å². The molecule has 3 N–H and O–H groups in total. The molecule has 186 valence electrons. The summed E-state index contributed by atoms with van der Waals surface area (Å²) in [5, 5.41) is 8.55. The van der Waals surface area contributed by atoms with E-state index in [2.05, 4.69) is 15.3 Å². The number of carbonyl (C=O) groups excluding carboxylic acids is 3. The van der Waals surface area contributed by atoms with Crippen LogP contribution in [0.5, 0.6) is 0 Å². The third-order valence-electron chi connectivity index (χ3n) is 6.32. The fraction of sp³-hybridized carbons (Fsp3) is 0.480. The number of unbranched alkanes of at least 4 members (excludes halogenated alkanes) is 1. The Bertz CT molecular complexity index is 1120. The number of benzene rings is 2. The van der Waals surface area contributed by atoms with Gasteiger partial charge in [-0.25, -0.2) is 4.79 Å². The Kier molecular flexibility index (Phi) is 9.05. The number of carbonyl (C=O) groups is 3. The van der Waals surface area contributed by atoms with E-state index >= 15 is 0 Å². The van der Waals surface area contributed by atoms with Gasteiger partial charge in [0.1, 0.15) is 12.1 Å². The first kappa shape index (κ1) is 26.0. The van der Waals surface area contributed by atoms with E-state index in [1.807, 2.05) is 49.4 Å². The molecule has 0 spiro atoms. The number of azide groups is 1. The lowest BCUT2D eigenvalue weighted by molar-refractivity contribution is -0.146. The maximum Gasteiger partial charge on any atom is 0.328 e. The second kappa shape index (κ2) is 12.2. The molecular formula is C25H32N6O4. The molecule has 2 aromatic carbocycles. The van der Waals surface area contributed by atoms with Crippen molar-refractivity contribution < 1.29 is 19.1 Å². The van der Waals surface area contributed by atoms with Crippen LogP contribution in [0.3, 0.4) is 0 Å². The van der Waals surface area contributed by atoms with Crippen molar-refractivity contribution in [2.45, 2.75) is 63.2 Å². The quantitative estimate of drug-likeness (QED) is 0.232. The Balaban J connectivity index is 1.78. The zero-order chi connectivity index (χ0) is 25.4. The molecule has 0 aliphatic carbocycles. The number of hydrogen-bond acceptors (Lipinski definition) is 6. The molecule has 2 aromatic rings. The summed E-state index contributed by atoms with van der Waals surface area (Å²) in [4.78, 5) is 43.0. The van der Waals surface area contributed by atoms with Crippen molar-refractivity contribution >= 4 is 28.6 Å². The van der Waals surface area contributed by atoms with Crippen LogP contribution < -0.4 is 11.1 Å². The van der Waals surface area contributed by atoms with Crippen LogP contribution in [0.2, 0.25) is 0 Å². The van der Waals surface area contributed by atoms with Gasteiger partial charge in [-0.1, -0.05) is 67.3 Å². The fourth-order valence-electron chi connectivity index (χ4n) is 4.43. The third kappa shape index (κ3) is 6.49. The SMILES string of the molecule is CCCC[C@H](N)C(=O)N1C[C@@H](N=[N+]=[N-])C[C@H]1C(=O)N[C@@H](Cc1ccc2ccccc2c1)C(=O)OC. The molecule has 35 heavy (non-hydrogen) atoms. The van der Waals surface area contributed by atoms with Gasteiger partial charge in [-0.15, -0.1) is 0 Å². The zero-order valence-electron chi connectivity index (χ0n) is 20.1. The van der Waals surface area contributed by atoms with Gasteiger partial charge < -0.3 is 20.7 Å². The summed E-state index contributed by atoms with van der Waals surface area (Å²) in [7, 11) is 1.26. The lowest BCUT2D eigenvalue weighted by atomic mass is 10.0. The second-order valence-electron chi connectivity index (χ2n) is 8.82. The average Bonchev–Trinajstić information content (AvgIpc) is 3.30. The van der Waals surface area contributed by atoms with E-state index < -0.39 is 36.0 Å². The number of esters is 1. The van der Waals surface area contributed by atoms with E-state index in [1.54, 1.807) is 0 Å². The highest BCUT2D eigenvalue weighted by Crippen LogP contribution is 2.23. The number of hydrogen-bond donors (Lipinski definition) is 2. The highest BCUT2D eigenvalue weighted by Gasteiger charge is 2.41. The van der Waals surface area contributed by atoms with Gasteiger partial charge in [0, 0.05) is 17.9 Å². The van der Waals surface area contributed by atoms with Gasteiger partial charge >= 0.3 is 5.97 Å². The van der Waals surface area contributed by atoms with Gasteiger partial charge in [0.05, 0.1) is 19.2 Å². The summed E-state index contributed by atoms with van der Waals surface area (Å²) >= 11 is 0. The van der Waals surface area contributed by atoms with Crippen LogP contribution in [0.15, 0.2) is 47.6 Å². The highest BCUT2D eigenvalue weighted by atomic mass is 16.5. The van der Waals surface area contributed by atoms with Crippen molar-refractivity contribution in [3.8, 4) is 0 Å². The van der Waals surface area contributed by atoms with Crippen molar-refractivity contribution in [1.29, 1.82) is 0 Å². The summed E-state index contributed by atoms with van der Waals surface area (Å²) < 4.78 is 4.93. The zero-order valence-corrected chi connectivity index (χ0v) is 20.1. The van der Waals surface area contributed by atoms with Crippen LogP contribution in [-0.4, -0.2) is 60.5 Å². The molecule has 0 saturated carbocycles. The van der Waals surface area contributed by atoms with E-state index in [4.69, 9.17) is 16.0 Å². The molecule has 1 aliphatic rings. The van der Waals surface area contributed by atoms with Gasteiger partial charge in [-0.05, 0) is 34.7 Å². The predicted molar refractivity (Wildman–Crippen MR) is 132 cm³/mol. The molecule has 10 nitrogen and oxygen atoms in total. The number of likely N-dealkylation sites (tertiary alicyclic amines) is 1. The maximum atomic E-state index is 13.3. The summed E-state index contributed by atoms with van der Waals surface area (Å²) in [5.74, 6) is -1.46. The average molecular weight is 481 g/mol. The van der Waals surface area contributed by atoms with E-state index in [-0.39, 0.29) is 25.3 Å². The first-order valence-electron chi connectivity index (χ1n) is 11.8. The number of amides is 2. The Morgan fingerprint density at radius 2 is 2.00 bits per heavy atom. The maximum absolute atomic E-state index is 13.3. The molecule has 0 unspecified atom stereocenters. The van der Waals surface area contributed by atoms with Crippen LogP contribution >= 0.6 is 0 Å². The van der Waals surface area contributed by atoms with Crippen LogP contribution in [-0.2, 0) is 25.5 Å². The number of methoxy groups -OCH3 is 1. The van der Waals surface area contributed by atoms with Crippen molar-refractivity contribution in [3.63, 3.8) is 0 Å².